The smallest absolute Gasteiger partial charge is 0.243 e. The van der Waals surface area contributed by atoms with Crippen LogP contribution in [-0.4, -0.2) is 38.4 Å². The quantitative estimate of drug-likeness (QED) is 0.883. The van der Waals surface area contributed by atoms with Crippen LogP contribution in [0.15, 0.2) is 29.2 Å². The third-order valence-electron chi connectivity index (χ3n) is 2.95. The number of hydrogen-bond donors (Lipinski definition) is 1. The summed E-state index contributed by atoms with van der Waals surface area (Å²) < 4.78 is 26.2. The predicted octanol–water partition coefficient (Wildman–Crippen LogP) is 0.962. The lowest BCUT2D eigenvalue weighted by molar-refractivity contribution is 0.310. The number of halogens is 1. The lowest BCUT2D eigenvalue weighted by Crippen LogP contribution is -2.51. The summed E-state index contributed by atoms with van der Waals surface area (Å²) in [6, 6.07) is 8.16. The maximum absolute atomic E-state index is 12.3. The summed E-state index contributed by atoms with van der Waals surface area (Å²) in [7, 11) is -3.44. The van der Waals surface area contributed by atoms with Gasteiger partial charge in [0.15, 0.2) is 0 Å². The Bertz CT molecular complexity index is 566. The zero-order valence-corrected chi connectivity index (χ0v) is 12.2. The molecular weight excluding hydrogens is 286 g/mol. The number of nitrogens with zero attached hydrogens (tertiary/aromatic N) is 2. The predicted molar refractivity (Wildman–Crippen MR) is 74.6 cm³/mol. The normalized spacial score (nSPS) is 20.3. The van der Waals surface area contributed by atoms with E-state index in [0.29, 0.717) is 25.2 Å². The van der Waals surface area contributed by atoms with Crippen molar-refractivity contribution >= 4 is 22.4 Å². The van der Waals surface area contributed by atoms with Crippen molar-refractivity contribution in [3.05, 3.63) is 29.8 Å². The lowest BCUT2D eigenvalue weighted by Gasteiger charge is -2.30. The van der Waals surface area contributed by atoms with E-state index in [1.54, 1.807) is 0 Å². The molecule has 1 fully saturated rings. The van der Waals surface area contributed by atoms with Gasteiger partial charge in [0.05, 0.1) is 16.5 Å². The second kappa shape index (κ2) is 6.35. The lowest BCUT2D eigenvalue weighted by atomic mass is 10.2. The Kier molecular flexibility index (Phi) is 5.32. The Balaban J connectivity index is 0.00000180. The van der Waals surface area contributed by atoms with Gasteiger partial charge in [0, 0.05) is 25.7 Å². The molecule has 0 saturated carbocycles. The monoisotopic (exact) mass is 301 g/mol. The Labute approximate surface area is 119 Å². The number of piperazine rings is 1. The molecule has 0 radical (unpaired) electrons. The van der Waals surface area contributed by atoms with Gasteiger partial charge in [-0.15, -0.1) is 12.4 Å². The summed E-state index contributed by atoms with van der Waals surface area (Å²) in [6.07, 6.45) is 0. The summed E-state index contributed by atoms with van der Waals surface area (Å²) in [6.45, 7) is 3.58. The minimum atomic E-state index is -3.44. The first-order valence-electron chi connectivity index (χ1n) is 5.78. The van der Waals surface area contributed by atoms with E-state index in [0.717, 1.165) is 0 Å². The molecule has 7 heteroatoms. The molecule has 5 nitrogen and oxygen atoms in total. The Morgan fingerprint density at radius 2 is 2.00 bits per heavy atom. The molecule has 1 atom stereocenters. The number of sulfonamides is 1. The van der Waals surface area contributed by atoms with Crippen LogP contribution in [0.4, 0.5) is 0 Å². The van der Waals surface area contributed by atoms with Gasteiger partial charge in [-0.1, -0.05) is 0 Å². The van der Waals surface area contributed by atoms with E-state index < -0.39 is 10.0 Å². The molecule has 1 aliphatic rings. The maximum Gasteiger partial charge on any atom is 0.243 e. The molecule has 0 aliphatic carbocycles. The zero-order chi connectivity index (χ0) is 13.2. The van der Waals surface area contributed by atoms with E-state index in [-0.39, 0.29) is 23.3 Å². The molecule has 0 spiro atoms. The molecule has 0 amide bonds. The van der Waals surface area contributed by atoms with E-state index in [4.69, 9.17) is 5.26 Å². The van der Waals surface area contributed by atoms with Crippen LogP contribution in [0, 0.1) is 11.3 Å². The van der Waals surface area contributed by atoms with Crippen molar-refractivity contribution in [2.24, 2.45) is 0 Å². The fourth-order valence-corrected chi connectivity index (χ4v) is 3.50. The Morgan fingerprint density at radius 3 is 2.53 bits per heavy atom. The molecule has 1 heterocycles. The highest BCUT2D eigenvalue weighted by atomic mass is 35.5. The largest absolute Gasteiger partial charge is 0.312 e. The molecule has 0 unspecified atom stereocenters. The van der Waals surface area contributed by atoms with E-state index in [9.17, 15) is 8.42 Å². The Morgan fingerprint density at radius 1 is 1.37 bits per heavy atom. The van der Waals surface area contributed by atoms with E-state index in [1.807, 2.05) is 13.0 Å². The third-order valence-corrected chi connectivity index (χ3v) is 4.83. The van der Waals surface area contributed by atoms with E-state index in [2.05, 4.69) is 5.32 Å². The summed E-state index contributed by atoms with van der Waals surface area (Å²) in [5.41, 5.74) is 0.461. The molecule has 2 rings (SSSR count). The molecule has 19 heavy (non-hydrogen) atoms. The van der Waals surface area contributed by atoms with E-state index >= 15 is 0 Å². The highest BCUT2D eigenvalue weighted by Gasteiger charge is 2.28. The molecule has 1 N–H and O–H groups in total. The van der Waals surface area contributed by atoms with Gasteiger partial charge >= 0.3 is 0 Å². The van der Waals surface area contributed by atoms with Crippen LogP contribution in [0.25, 0.3) is 0 Å². The molecule has 1 aromatic carbocycles. The number of rotatable bonds is 2. The third kappa shape index (κ3) is 3.45. The second-order valence-corrected chi connectivity index (χ2v) is 6.29. The fourth-order valence-electron chi connectivity index (χ4n) is 1.97. The van der Waals surface area contributed by atoms with Crippen molar-refractivity contribution in [1.29, 1.82) is 5.26 Å². The van der Waals surface area contributed by atoms with Crippen molar-refractivity contribution in [2.75, 3.05) is 19.6 Å². The maximum atomic E-state index is 12.3. The van der Waals surface area contributed by atoms with Gasteiger partial charge < -0.3 is 5.32 Å². The highest BCUT2D eigenvalue weighted by Crippen LogP contribution is 2.17. The van der Waals surface area contributed by atoms with Crippen molar-refractivity contribution in [1.82, 2.24) is 9.62 Å². The van der Waals surface area contributed by atoms with Crippen molar-refractivity contribution < 1.29 is 8.42 Å². The zero-order valence-electron chi connectivity index (χ0n) is 10.5. The van der Waals surface area contributed by atoms with Crippen LogP contribution in [0.1, 0.15) is 12.5 Å². The van der Waals surface area contributed by atoms with Crippen LogP contribution < -0.4 is 5.32 Å². The summed E-state index contributed by atoms with van der Waals surface area (Å²) in [5, 5.41) is 11.9. The number of nitrogens with one attached hydrogen (secondary N) is 1. The summed E-state index contributed by atoms with van der Waals surface area (Å²) >= 11 is 0. The van der Waals surface area contributed by atoms with Crippen LogP contribution in [0.2, 0.25) is 0 Å². The molecule has 1 saturated heterocycles. The van der Waals surface area contributed by atoms with Gasteiger partial charge in [0.25, 0.3) is 0 Å². The summed E-state index contributed by atoms with van der Waals surface area (Å²) in [5.74, 6) is 0. The molecule has 1 aliphatic heterocycles. The minimum Gasteiger partial charge on any atom is -0.312 e. The fraction of sp³-hybridized carbons (Fsp3) is 0.417. The first-order valence-corrected chi connectivity index (χ1v) is 7.22. The van der Waals surface area contributed by atoms with E-state index in [1.165, 1.54) is 28.6 Å². The van der Waals surface area contributed by atoms with Crippen LogP contribution in [0.5, 0.6) is 0 Å². The van der Waals surface area contributed by atoms with Gasteiger partial charge in [-0.05, 0) is 31.2 Å². The van der Waals surface area contributed by atoms with Crippen molar-refractivity contribution in [3.8, 4) is 6.07 Å². The van der Waals surface area contributed by atoms with Crippen LogP contribution in [0.3, 0.4) is 0 Å². The molecular formula is C12H16ClN3O2S. The van der Waals surface area contributed by atoms with Crippen molar-refractivity contribution in [2.45, 2.75) is 17.9 Å². The molecule has 0 bridgehead atoms. The molecule has 104 valence electrons. The first kappa shape index (κ1) is 15.9. The SMILES string of the molecule is C[C@@H]1CN(S(=O)(=O)c2ccc(C#N)cc2)CCN1.Cl. The van der Waals surface area contributed by atoms with Gasteiger partial charge in [0.2, 0.25) is 10.0 Å². The van der Waals surface area contributed by atoms with Crippen LogP contribution >= 0.6 is 12.4 Å². The van der Waals surface area contributed by atoms with Gasteiger partial charge in [-0.3, -0.25) is 0 Å². The molecule has 0 aromatic heterocycles. The average molecular weight is 302 g/mol. The van der Waals surface area contributed by atoms with Crippen molar-refractivity contribution in [3.63, 3.8) is 0 Å². The number of nitriles is 1. The minimum absolute atomic E-state index is 0. The van der Waals surface area contributed by atoms with Crippen LogP contribution in [-0.2, 0) is 10.0 Å². The highest BCUT2D eigenvalue weighted by molar-refractivity contribution is 7.89. The average Bonchev–Trinajstić information content (AvgIpc) is 2.39. The Hall–Kier alpha value is -1.13. The van der Waals surface area contributed by atoms with Gasteiger partial charge in [-0.25, -0.2) is 8.42 Å². The number of benzene rings is 1. The standard InChI is InChI=1S/C12H15N3O2S.ClH/c1-10-9-15(7-6-14-10)18(16,17)12-4-2-11(8-13)3-5-12;/h2-5,10,14H,6-7,9H2,1H3;1H/t10-;/m1./s1. The number of hydrogen-bond acceptors (Lipinski definition) is 4. The van der Waals surface area contributed by atoms with Gasteiger partial charge in [0.1, 0.15) is 0 Å². The second-order valence-electron chi connectivity index (χ2n) is 4.35. The topological polar surface area (TPSA) is 73.2 Å². The first-order chi connectivity index (χ1) is 8.54. The van der Waals surface area contributed by atoms with Gasteiger partial charge in [-0.2, -0.15) is 9.57 Å². The summed E-state index contributed by atoms with van der Waals surface area (Å²) in [4.78, 5) is 0.246. The molecule has 1 aromatic rings.